The summed E-state index contributed by atoms with van der Waals surface area (Å²) in [7, 11) is -4.23. The molecule has 0 aromatic heterocycles. The van der Waals surface area contributed by atoms with Crippen LogP contribution in [0.3, 0.4) is 0 Å². The Morgan fingerprint density at radius 1 is 1.22 bits per heavy atom. The lowest BCUT2D eigenvalue weighted by Gasteiger charge is -2.11. The minimum atomic E-state index is -4.23. The Kier molecular flexibility index (Phi) is 5.96. The third-order valence-corrected chi connectivity index (χ3v) is 6.43. The molecule has 0 aliphatic rings. The second-order valence-corrected chi connectivity index (χ2v) is 8.10. The van der Waals surface area contributed by atoms with Gasteiger partial charge in [0.25, 0.3) is 11.6 Å². The van der Waals surface area contributed by atoms with Gasteiger partial charge in [0.15, 0.2) is 5.96 Å². The zero-order valence-corrected chi connectivity index (χ0v) is 16.5. The summed E-state index contributed by atoms with van der Waals surface area (Å²) in [5.74, 6) is -1.39. The number of carbonyl (C=O) groups excluding carboxylic acids is 1. The van der Waals surface area contributed by atoms with E-state index in [4.69, 9.17) is 11.5 Å². The summed E-state index contributed by atoms with van der Waals surface area (Å²) in [4.78, 5) is 25.5. The SMILES string of the molecule is CCc1cc(S(=O)(=O)c2ccccc2Br)c([N+](=O)[O-])cc1C(=O)N=C(N)N. The molecule has 0 saturated carbocycles. The van der Waals surface area contributed by atoms with Crippen LogP contribution in [-0.4, -0.2) is 25.2 Å². The smallest absolute Gasteiger partial charge is 0.289 e. The monoisotopic (exact) mass is 454 g/mol. The first-order chi connectivity index (χ1) is 12.6. The molecular weight excluding hydrogens is 440 g/mol. The van der Waals surface area contributed by atoms with Crippen LogP contribution in [0.5, 0.6) is 0 Å². The average molecular weight is 455 g/mol. The van der Waals surface area contributed by atoms with Gasteiger partial charge < -0.3 is 11.5 Å². The van der Waals surface area contributed by atoms with E-state index in [9.17, 15) is 23.3 Å². The molecule has 27 heavy (non-hydrogen) atoms. The lowest BCUT2D eigenvalue weighted by Crippen LogP contribution is -2.24. The van der Waals surface area contributed by atoms with E-state index in [0.29, 0.717) is 0 Å². The van der Waals surface area contributed by atoms with E-state index in [1.807, 2.05) is 0 Å². The molecular formula is C16H15BrN4O5S. The van der Waals surface area contributed by atoms with Crippen molar-refractivity contribution in [2.45, 2.75) is 23.1 Å². The maximum absolute atomic E-state index is 13.0. The van der Waals surface area contributed by atoms with Crippen molar-refractivity contribution in [1.29, 1.82) is 0 Å². The van der Waals surface area contributed by atoms with E-state index in [0.717, 1.165) is 12.1 Å². The number of benzene rings is 2. The van der Waals surface area contributed by atoms with Crippen molar-refractivity contribution >= 4 is 43.3 Å². The third-order valence-electron chi connectivity index (χ3n) is 3.64. The number of aryl methyl sites for hydroxylation is 1. The number of nitrogens with two attached hydrogens (primary N) is 2. The Hall–Kier alpha value is -2.79. The van der Waals surface area contributed by atoms with Crippen LogP contribution >= 0.6 is 15.9 Å². The number of sulfone groups is 1. The van der Waals surface area contributed by atoms with Gasteiger partial charge in [0, 0.05) is 10.5 Å². The number of amides is 1. The van der Waals surface area contributed by atoms with Crippen LogP contribution in [0, 0.1) is 10.1 Å². The number of hydrogen-bond acceptors (Lipinski definition) is 5. The van der Waals surface area contributed by atoms with Gasteiger partial charge in [0.2, 0.25) is 9.84 Å². The third kappa shape index (κ3) is 4.14. The van der Waals surface area contributed by atoms with Gasteiger partial charge >= 0.3 is 0 Å². The second kappa shape index (κ2) is 7.84. The summed E-state index contributed by atoms with van der Waals surface area (Å²) < 4.78 is 26.3. The minimum Gasteiger partial charge on any atom is -0.370 e. The van der Waals surface area contributed by atoms with E-state index in [-0.39, 0.29) is 26.9 Å². The number of nitro benzene ring substituents is 1. The highest BCUT2D eigenvalue weighted by Gasteiger charge is 2.31. The fourth-order valence-corrected chi connectivity index (χ4v) is 4.87. The fraction of sp³-hybridized carbons (Fsp3) is 0.125. The number of rotatable bonds is 5. The molecule has 2 rings (SSSR count). The molecule has 0 saturated heterocycles. The van der Waals surface area contributed by atoms with Crippen molar-refractivity contribution in [3.05, 3.63) is 62.1 Å². The molecule has 0 aliphatic heterocycles. The quantitative estimate of drug-likeness (QED) is 0.302. The van der Waals surface area contributed by atoms with E-state index in [1.165, 1.54) is 18.2 Å². The van der Waals surface area contributed by atoms with Crippen molar-refractivity contribution in [2.75, 3.05) is 0 Å². The molecule has 2 aromatic rings. The molecule has 0 spiro atoms. The summed E-state index contributed by atoms with van der Waals surface area (Å²) in [6.07, 6.45) is 0.234. The van der Waals surface area contributed by atoms with Gasteiger partial charge in [-0.25, -0.2) is 8.42 Å². The number of nitrogens with zero attached hydrogens (tertiary/aromatic N) is 2. The van der Waals surface area contributed by atoms with Crippen LogP contribution in [-0.2, 0) is 16.3 Å². The highest BCUT2D eigenvalue weighted by molar-refractivity contribution is 9.10. The number of hydrogen-bond donors (Lipinski definition) is 2. The van der Waals surface area contributed by atoms with Gasteiger partial charge in [-0.2, -0.15) is 4.99 Å². The predicted octanol–water partition coefficient (Wildman–Crippen LogP) is 2.17. The predicted molar refractivity (Wildman–Crippen MR) is 102 cm³/mol. The normalized spacial score (nSPS) is 11.0. The molecule has 0 atom stereocenters. The topological polar surface area (TPSA) is 159 Å². The zero-order valence-electron chi connectivity index (χ0n) is 14.0. The zero-order chi connectivity index (χ0) is 20.4. The molecule has 0 heterocycles. The number of guanidine groups is 1. The van der Waals surface area contributed by atoms with Gasteiger partial charge in [-0.1, -0.05) is 19.1 Å². The molecule has 0 unspecified atom stereocenters. The van der Waals surface area contributed by atoms with Crippen LogP contribution in [0.1, 0.15) is 22.8 Å². The summed E-state index contributed by atoms with van der Waals surface area (Å²) in [5.41, 5.74) is 9.76. The Bertz CT molecular complexity index is 1060. The molecule has 9 nitrogen and oxygen atoms in total. The lowest BCUT2D eigenvalue weighted by atomic mass is 10.0. The number of carbonyl (C=O) groups is 1. The molecule has 1 amide bonds. The van der Waals surface area contributed by atoms with Crippen LogP contribution in [0.4, 0.5) is 5.69 Å². The Balaban J connectivity index is 2.82. The molecule has 2 aromatic carbocycles. The first kappa shape index (κ1) is 20.5. The summed E-state index contributed by atoms with van der Waals surface area (Å²) in [5, 5.41) is 11.5. The molecule has 0 radical (unpaired) electrons. The van der Waals surface area contributed by atoms with E-state index in [2.05, 4.69) is 20.9 Å². The van der Waals surface area contributed by atoms with Crippen LogP contribution in [0.25, 0.3) is 0 Å². The fourth-order valence-electron chi connectivity index (χ4n) is 2.42. The maximum atomic E-state index is 13.0. The van der Waals surface area contributed by atoms with Gasteiger partial charge in [0.1, 0.15) is 4.90 Å². The highest BCUT2D eigenvalue weighted by Crippen LogP contribution is 2.35. The molecule has 0 aliphatic carbocycles. The van der Waals surface area contributed by atoms with Crippen molar-refractivity contribution in [3.8, 4) is 0 Å². The largest absolute Gasteiger partial charge is 0.370 e. The first-order valence-corrected chi connectivity index (χ1v) is 9.82. The molecule has 0 fully saturated rings. The average Bonchev–Trinajstić information content (AvgIpc) is 2.59. The van der Waals surface area contributed by atoms with E-state index >= 15 is 0 Å². The minimum absolute atomic E-state index is 0.126. The Labute approximate surface area is 163 Å². The number of halogens is 1. The Morgan fingerprint density at radius 3 is 2.37 bits per heavy atom. The first-order valence-electron chi connectivity index (χ1n) is 7.54. The van der Waals surface area contributed by atoms with Crippen molar-refractivity contribution in [2.24, 2.45) is 16.5 Å². The van der Waals surface area contributed by atoms with Gasteiger partial charge in [-0.3, -0.25) is 14.9 Å². The van der Waals surface area contributed by atoms with Crippen LogP contribution in [0.15, 0.2) is 55.7 Å². The van der Waals surface area contributed by atoms with E-state index in [1.54, 1.807) is 13.0 Å². The van der Waals surface area contributed by atoms with Gasteiger partial charge in [0.05, 0.1) is 15.4 Å². The second-order valence-electron chi connectivity index (χ2n) is 5.36. The van der Waals surface area contributed by atoms with Crippen LogP contribution in [0.2, 0.25) is 0 Å². The summed E-state index contributed by atoms with van der Waals surface area (Å²) in [6, 6.07) is 7.95. The number of aliphatic imine (C=N–C) groups is 1. The lowest BCUT2D eigenvalue weighted by molar-refractivity contribution is -0.387. The van der Waals surface area contributed by atoms with E-state index < -0.39 is 37.2 Å². The van der Waals surface area contributed by atoms with Crippen molar-refractivity contribution in [3.63, 3.8) is 0 Å². The highest BCUT2D eigenvalue weighted by atomic mass is 79.9. The van der Waals surface area contributed by atoms with Crippen LogP contribution < -0.4 is 11.5 Å². The van der Waals surface area contributed by atoms with Gasteiger partial charge in [-0.15, -0.1) is 0 Å². The summed E-state index contributed by atoms with van der Waals surface area (Å²) in [6.45, 7) is 1.67. The standard InChI is InChI=1S/C16H15BrN4O5S/c1-2-9-7-14(27(25,26)13-6-4-3-5-11(13)17)12(21(23)24)8-10(9)15(22)20-16(18)19/h3-8H,2H2,1H3,(H4,18,19,20,22). The molecule has 11 heteroatoms. The van der Waals surface area contributed by atoms with Crippen molar-refractivity contribution < 1.29 is 18.1 Å². The maximum Gasteiger partial charge on any atom is 0.289 e. The number of nitro groups is 1. The van der Waals surface area contributed by atoms with Crippen molar-refractivity contribution in [1.82, 2.24) is 0 Å². The Morgan fingerprint density at radius 2 is 1.85 bits per heavy atom. The molecule has 4 N–H and O–H groups in total. The summed E-state index contributed by atoms with van der Waals surface area (Å²) >= 11 is 3.14. The molecule has 142 valence electrons. The van der Waals surface area contributed by atoms with Gasteiger partial charge in [-0.05, 0) is 46.1 Å². The molecule has 0 bridgehead atoms.